The molecule has 4 heteroatoms. The van der Waals surface area contributed by atoms with E-state index in [9.17, 15) is 14.7 Å². The molecule has 0 aromatic carbocycles. The summed E-state index contributed by atoms with van der Waals surface area (Å²) in [6.07, 6.45) is 11.6. The van der Waals surface area contributed by atoms with Crippen LogP contribution >= 0.6 is 0 Å². The number of carbonyl (C=O) groups excluding carboxylic acids is 1. The number of carboxylic acid groups (broad SMARTS) is 1. The molecule has 4 nitrogen and oxygen atoms in total. The molecule has 0 radical (unpaired) electrons. The normalized spacial score (nSPS) is 22.7. The van der Waals surface area contributed by atoms with E-state index in [2.05, 4.69) is 0 Å². The molecule has 2 saturated carbocycles. The molecular formula is C17H29NO3. The fraction of sp³-hybridized carbons (Fsp3) is 0.882. The number of rotatable bonds is 5. The summed E-state index contributed by atoms with van der Waals surface area (Å²) in [4.78, 5) is 25.7. The second-order valence-electron chi connectivity index (χ2n) is 7.10. The lowest BCUT2D eigenvalue weighted by Crippen LogP contribution is -2.42. The third-order valence-electron chi connectivity index (χ3n) is 5.48. The van der Waals surface area contributed by atoms with Gasteiger partial charge in [-0.05, 0) is 31.1 Å². The first-order valence-corrected chi connectivity index (χ1v) is 8.50. The van der Waals surface area contributed by atoms with Crippen molar-refractivity contribution in [2.45, 2.75) is 83.1 Å². The first-order valence-electron chi connectivity index (χ1n) is 8.50. The topological polar surface area (TPSA) is 57.6 Å². The Hall–Kier alpha value is -1.06. The van der Waals surface area contributed by atoms with Gasteiger partial charge in [-0.3, -0.25) is 9.59 Å². The Morgan fingerprint density at radius 1 is 1.00 bits per heavy atom. The smallest absolute Gasteiger partial charge is 0.303 e. The van der Waals surface area contributed by atoms with Crippen LogP contribution in [0.2, 0.25) is 0 Å². The van der Waals surface area contributed by atoms with Crippen LogP contribution in [0.4, 0.5) is 0 Å². The van der Waals surface area contributed by atoms with E-state index < -0.39 is 5.97 Å². The highest BCUT2D eigenvalue weighted by atomic mass is 16.4. The zero-order valence-corrected chi connectivity index (χ0v) is 13.3. The first-order chi connectivity index (χ1) is 10.0. The molecule has 2 rings (SSSR count). The minimum Gasteiger partial charge on any atom is -0.481 e. The summed E-state index contributed by atoms with van der Waals surface area (Å²) in [6, 6.07) is 0.372. The van der Waals surface area contributed by atoms with Crippen molar-refractivity contribution in [3.63, 3.8) is 0 Å². The Labute approximate surface area is 127 Å². The van der Waals surface area contributed by atoms with Crippen molar-refractivity contribution in [1.29, 1.82) is 0 Å². The number of nitrogens with zero attached hydrogens (tertiary/aromatic N) is 1. The molecule has 1 amide bonds. The van der Waals surface area contributed by atoms with Gasteiger partial charge in [0.1, 0.15) is 0 Å². The number of aliphatic carboxylic acids is 1. The first kappa shape index (κ1) is 16.3. The molecule has 0 aromatic heterocycles. The van der Waals surface area contributed by atoms with Crippen LogP contribution < -0.4 is 0 Å². The summed E-state index contributed by atoms with van der Waals surface area (Å²) >= 11 is 0. The average Bonchev–Trinajstić information content (AvgIpc) is 2.47. The molecule has 2 aliphatic carbocycles. The maximum atomic E-state index is 12.6. The lowest BCUT2D eigenvalue weighted by molar-refractivity contribution is -0.143. The molecule has 120 valence electrons. The van der Waals surface area contributed by atoms with Crippen LogP contribution in [0.15, 0.2) is 0 Å². The van der Waals surface area contributed by atoms with Gasteiger partial charge < -0.3 is 10.0 Å². The summed E-state index contributed by atoms with van der Waals surface area (Å²) in [5.74, 6) is -0.602. The highest BCUT2D eigenvalue weighted by Gasteiger charge is 2.38. The van der Waals surface area contributed by atoms with Gasteiger partial charge in [-0.1, -0.05) is 38.5 Å². The SMILES string of the molecule is CN(C(=O)CC1(CC(=O)O)CCCCC1)C1CCCCC1. The van der Waals surface area contributed by atoms with Crippen molar-refractivity contribution in [2.75, 3.05) is 7.05 Å². The minimum absolute atomic E-state index is 0.150. The summed E-state index contributed by atoms with van der Waals surface area (Å²) in [6.45, 7) is 0. The Morgan fingerprint density at radius 2 is 1.57 bits per heavy atom. The van der Waals surface area contributed by atoms with E-state index in [0.717, 1.165) is 38.5 Å². The molecule has 0 aromatic rings. The van der Waals surface area contributed by atoms with Crippen LogP contribution in [0.1, 0.15) is 77.0 Å². The largest absolute Gasteiger partial charge is 0.481 e. The maximum absolute atomic E-state index is 12.6. The van der Waals surface area contributed by atoms with Crippen LogP contribution in [0.5, 0.6) is 0 Å². The van der Waals surface area contributed by atoms with Crippen LogP contribution in [-0.4, -0.2) is 35.0 Å². The van der Waals surface area contributed by atoms with Crippen molar-refractivity contribution in [2.24, 2.45) is 5.41 Å². The van der Waals surface area contributed by atoms with Crippen molar-refractivity contribution in [1.82, 2.24) is 4.90 Å². The molecule has 1 N–H and O–H groups in total. The molecule has 21 heavy (non-hydrogen) atoms. The van der Waals surface area contributed by atoms with E-state index in [1.807, 2.05) is 11.9 Å². The standard InChI is InChI=1S/C17H29NO3/c1-18(14-8-4-2-5-9-14)15(19)12-17(13-16(20)21)10-6-3-7-11-17/h14H,2-13H2,1H3,(H,20,21). The third-order valence-corrected chi connectivity index (χ3v) is 5.48. The van der Waals surface area contributed by atoms with Crippen molar-refractivity contribution in [3.8, 4) is 0 Å². The van der Waals surface area contributed by atoms with Crippen LogP contribution in [-0.2, 0) is 9.59 Å². The van der Waals surface area contributed by atoms with Crippen molar-refractivity contribution in [3.05, 3.63) is 0 Å². The predicted molar refractivity (Wildman–Crippen MR) is 82.0 cm³/mol. The van der Waals surface area contributed by atoms with Gasteiger partial charge in [0, 0.05) is 19.5 Å². The molecule has 0 heterocycles. The summed E-state index contributed by atoms with van der Waals surface area (Å²) < 4.78 is 0. The van der Waals surface area contributed by atoms with Crippen LogP contribution in [0.3, 0.4) is 0 Å². The monoisotopic (exact) mass is 295 g/mol. The van der Waals surface area contributed by atoms with E-state index in [-0.39, 0.29) is 17.7 Å². The van der Waals surface area contributed by atoms with Gasteiger partial charge in [-0.15, -0.1) is 0 Å². The van der Waals surface area contributed by atoms with Gasteiger partial charge >= 0.3 is 5.97 Å². The van der Waals surface area contributed by atoms with Gasteiger partial charge in [-0.2, -0.15) is 0 Å². The van der Waals surface area contributed by atoms with E-state index in [1.165, 1.54) is 25.7 Å². The highest BCUT2D eigenvalue weighted by molar-refractivity contribution is 5.78. The predicted octanol–water partition coefficient (Wildman–Crippen LogP) is 3.59. The van der Waals surface area contributed by atoms with Gasteiger partial charge in [0.15, 0.2) is 0 Å². The Bertz CT molecular complexity index is 368. The van der Waals surface area contributed by atoms with Gasteiger partial charge in [0.2, 0.25) is 5.91 Å². The zero-order chi connectivity index (χ0) is 15.3. The maximum Gasteiger partial charge on any atom is 0.303 e. The Morgan fingerprint density at radius 3 is 2.14 bits per heavy atom. The molecule has 0 spiro atoms. The summed E-state index contributed by atoms with van der Waals surface area (Å²) in [5, 5.41) is 9.21. The average molecular weight is 295 g/mol. The quantitative estimate of drug-likeness (QED) is 0.843. The summed E-state index contributed by atoms with van der Waals surface area (Å²) in [7, 11) is 1.91. The van der Waals surface area contributed by atoms with E-state index in [4.69, 9.17) is 0 Å². The fourth-order valence-electron chi connectivity index (χ4n) is 4.16. The fourth-order valence-corrected chi connectivity index (χ4v) is 4.16. The van der Waals surface area contributed by atoms with Gasteiger partial charge in [0.05, 0.1) is 6.42 Å². The lowest BCUT2D eigenvalue weighted by Gasteiger charge is -2.38. The second-order valence-corrected chi connectivity index (χ2v) is 7.10. The van der Waals surface area contributed by atoms with Crippen LogP contribution in [0.25, 0.3) is 0 Å². The Balaban J connectivity index is 1.97. The van der Waals surface area contributed by atoms with Crippen molar-refractivity contribution < 1.29 is 14.7 Å². The van der Waals surface area contributed by atoms with E-state index in [1.54, 1.807) is 0 Å². The van der Waals surface area contributed by atoms with E-state index >= 15 is 0 Å². The van der Waals surface area contributed by atoms with Gasteiger partial charge in [-0.25, -0.2) is 0 Å². The Kier molecular flexibility index (Phi) is 5.65. The van der Waals surface area contributed by atoms with Gasteiger partial charge in [0.25, 0.3) is 0 Å². The molecule has 0 bridgehead atoms. The highest BCUT2D eigenvalue weighted by Crippen LogP contribution is 2.43. The molecule has 2 aliphatic rings. The summed E-state index contributed by atoms with van der Waals surface area (Å²) in [5.41, 5.74) is -0.288. The molecule has 0 saturated heterocycles. The zero-order valence-electron chi connectivity index (χ0n) is 13.3. The van der Waals surface area contributed by atoms with Crippen LogP contribution in [0, 0.1) is 5.41 Å². The molecule has 0 unspecified atom stereocenters. The molecular weight excluding hydrogens is 266 g/mol. The van der Waals surface area contributed by atoms with E-state index in [0.29, 0.717) is 12.5 Å². The number of carboxylic acids is 1. The number of hydrogen-bond donors (Lipinski definition) is 1. The number of hydrogen-bond acceptors (Lipinski definition) is 2. The molecule has 0 atom stereocenters. The number of amides is 1. The molecule has 2 fully saturated rings. The number of carbonyl (C=O) groups is 2. The molecule has 0 aliphatic heterocycles. The second kappa shape index (κ2) is 7.28. The lowest BCUT2D eigenvalue weighted by atomic mass is 9.69. The van der Waals surface area contributed by atoms with Crippen molar-refractivity contribution >= 4 is 11.9 Å². The third kappa shape index (κ3) is 4.45. The minimum atomic E-state index is -0.759.